The number of hydrogen-bond acceptors (Lipinski definition) is 0. The van der Waals surface area contributed by atoms with Crippen LogP contribution < -0.4 is 0 Å². The van der Waals surface area contributed by atoms with E-state index in [1.807, 2.05) is 24.3 Å². The standard InChI is InChI=1S/C18H14BrN/c1-3-15(13-7-5-4-6-8-13)18-12(2)20-17-10-9-14(19)11-16(17)18/h1,4-11,15,20H,2H3. The third kappa shape index (κ3) is 2.15. The molecule has 0 amide bonds. The van der Waals surface area contributed by atoms with Gasteiger partial charge in [-0.3, -0.25) is 0 Å². The van der Waals surface area contributed by atoms with Crippen LogP contribution in [0.2, 0.25) is 0 Å². The van der Waals surface area contributed by atoms with Gasteiger partial charge in [-0.15, -0.1) is 6.42 Å². The first-order valence-corrected chi connectivity index (χ1v) is 7.29. The average molecular weight is 324 g/mol. The normalized spacial score (nSPS) is 12.2. The first-order chi connectivity index (χ1) is 9.70. The summed E-state index contributed by atoms with van der Waals surface area (Å²) < 4.78 is 1.06. The van der Waals surface area contributed by atoms with Crippen LogP contribution in [-0.2, 0) is 0 Å². The van der Waals surface area contributed by atoms with Crippen LogP contribution in [0, 0.1) is 19.3 Å². The van der Waals surface area contributed by atoms with E-state index in [4.69, 9.17) is 6.42 Å². The molecule has 2 heteroatoms. The Morgan fingerprint density at radius 1 is 1.15 bits per heavy atom. The minimum absolute atomic E-state index is 0.0285. The second-order valence-corrected chi connectivity index (χ2v) is 5.78. The molecule has 3 rings (SSSR count). The number of benzene rings is 2. The van der Waals surface area contributed by atoms with Crippen molar-refractivity contribution in [1.29, 1.82) is 0 Å². The quantitative estimate of drug-likeness (QED) is 0.638. The molecule has 1 unspecified atom stereocenters. The van der Waals surface area contributed by atoms with Gasteiger partial charge in [-0.05, 0) is 36.2 Å². The molecule has 98 valence electrons. The second-order valence-electron chi connectivity index (χ2n) is 4.86. The molecule has 1 nitrogen and oxygen atoms in total. The monoisotopic (exact) mass is 323 g/mol. The Bertz CT molecular complexity index is 793. The summed E-state index contributed by atoms with van der Waals surface area (Å²) in [7, 11) is 0. The lowest BCUT2D eigenvalue weighted by Gasteiger charge is -2.12. The van der Waals surface area contributed by atoms with Crippen LogP contribution in [0.4, 0.5) is 0 Å². The lowest BCUT2D eigenvalue weighted by Crippen LogP contribution is -1.99. The molecule has 2 aromatic carbocycles. The van der Waals surface area contributed by atoms with Crippen molar-refractivity contribution in [3.63, 3.8) is 0 Å². The van der Waals surface area contributed by atoms with E-state index in [1.165, 1.54) is 10.9 Å². The SMILES string of the molecule is C#CC(c1ccccc1)c1c(C)[nH]c2ccc(Br)cc12. The first kappa shape index (κ1) is 13.0. The van der Waals surface area contributed by atoms with E-state index in [0.717, 1.165) is 21.2 Å². The number of fused-ring (bicyclic) bond motifs is 1. The van der Waals surface area contributed by atoms with Gasteiger partial charge in [0.25, 0.3) is 0 Å². The zero-order valence-electron chi connectivity index (χ0n) is 11.2. The number of H-pyrrole nitrogens is 1. The van der Waals surface area contributed by atoms with Crippen molar-refractivity contribution in [2.75, 3.05) is 0 Å². The number of nitrogens with one attached hydrogen (secondary N) is 1. The van der Waals surface area contributed by atoms with Crippen LogP contribution in [0.25, 0.3) is 10.9 Å². The molecule has 1 N–H and O–H groups in total. The summed E-state index contributed by atoms with van der Waals surface area (Å²) >= 11 is 3.54. The minimum atomic E-state index is -0.0285. The Morgan fingerprint density at radius 3 is 2.60 bits per heavy atom. The molecule has 1 atom stereocenters. The number of rotatable bonds is 2. The molecule has 0 radical (unpaired) electrons. The number of terminal acetylenes is 1. The minimum Gasteiger partial charge on any atom is -0.358 e. The van der Waals surface area contributed by atoms with Gasteiger partial charge in [-0.1, -0.05) is 52.2 Å². The molecule has 0 aliphatic heterocycles. The van der Waals surface area contributed by atoms with Crippen LogP contribution in [-0.4, -0.2) is 4.98 Å². The van der Waals surface area contributed by atoms with Crippen LogP contribution in [0.3, 0.4) is 0 Å². The number of aromatic amines is 1. The van der Waals surface area contributed by atoms with Crippen molar-refractivity contribution in [3.8, 4) is 12.3 Å². The van der Waals surface area contributed by atoms with Crippen molar-refractivity contribution >= 4 is 26.8 Å². The molecule has 0 spiro atoms. The molecule has 1 aromatic heterocycles. The van der Waals surface area contributed by atoms with Crippen molar-refractivity contribution in [3.05, 3.63) is 69.8 Å². The summed E-state index contributed by atoms with van der Waals surface area (Å²) in [6, 6.07) is 16.5. The Labute approximate surface area is 127 Å². The molecular weight excluding hydrogens is 310 g/mol. The van der Waals surface area contributed by atoms with Gasteiger partial charge in [-0.2, -0.15) is 0 Å². The van der Waals surface area contributed by atoms with Crippen molar-refractivity contribution in [2.24, 2.45) is 0 Å². The van der Waals surface area contributed by atoms with E-state index in [0.29, 0.717) is 0 Å². The predicted octanol–water partition coefficient (Wildman–Crippen LogP) is 5.00. The fourth-order valence-corrected chi connectivity index (χ4v) is 3.04. The van der Waals surface area contributed by atoms with E-state index in [9.17, 15) is 0 Å². The molecular formula is C18H14BrN. The molecule has 3 aromatic rings. The molecule has 0 fully saturated rings. The Balaban J connectivity index is 2.25. The molecule has 0 bridgehead atoms. The van der Waals surface area contributed by atoms with Crippen molar-refractivity contribution < 1.29 is 0 Å². The highest BCUT2D eigenvalue weighted by atomic mass is 79.9. The summed E-state index contributed by atoms with van der Waals surface area (Å²) in [5.41, 5.74) is 4.59. The van der Waals surface area contributed by atoms with Gasteiger partial charge in [0.05, 0.1) is 5.92 Å². The Morgan fingerprint density at radius 2 is 1.90 bits per heavy atom. The zero-order valence-corrected chi connectivity index (χ0v) is 12.7. The fourth-order valence-electron chi connectivity index (χ4n) is 2.68. The topological polar surface area (TPSA) is 15.8 Å². The van der Waals surface area contributed by atoms with Crippen molar-refractivity contribution in [1.82, 2.24) is 4.98 Å². The Hall–Kier alpha value is -1.98. The highest BCUT2D eigenvalue weighted by Crippen LogP contribution is 2.34. The highest BCUT2D eigenvalue weighted by molar-refractivity contribution is 9.10. The first-order valence-electron chi connectivity index (χ1n) is 6.49. The highest BCUT2D eigenvalue weighted by Gasteiger charge is 2.18. The lowest BCUT2D eigenvalue weighted by molar-refractivity contribution is 1.05. The maximum atomic E-state index is 5.82. The number of aromatic nitrogens is 1. The van der Waals surface area contributed by atoms with E-state index in [-0.39, 0.29) is 5.92 Å². The smallest absolute Gasteiger partial charge is 0.0722 e. The van der Waals surface area contributed by atoms with Crippen LogP contribution in [0.15, 0.2) is 53.0 Å². The molecule has 0 aliphatic carbocycles. The van der Waals surface area contributed by atoms with E-state index in [2.05, 4.69) is 58.0 Å². The van der Waals surface area contributed by atoms with Gasteiger partial charge in [0.2, 0.25) is 0 Å². The summed E-state index contributed by atoms with van der Waals surface area (Å²) in [6.07, 6.45) is 5.82. The lowest BCUT2D eigenvalue weighted by atomic mass is 9.90. The van der Waals surface area contributed by atoms with Crippen molar-refractivity contribution in [2.45, 2.75) is 12.8 Å². The van der Waals surface area contributed by atoms with E-state index >= 15 is 0 Å². The maximum absolute atomic E-state index is 5.82. The van der Waals surface area contributed by atoms with Gasteiger partial charge >= 0.3 is 0 Å². The third-order valence-corrected chi connectivity index (χ3v) is 4.08. The third-order valence-electron chi connectivity index (χ3n) is 3.59. The molecule has 0 aliphatic rings. The van der Waals surface area contributed by atoms with Gasteiger partial charge in [0.15, 0.2) is 0 Å². The average Bonchev–Trinajstić information content (AvgIpc) is 2.77. The van der Waals surface area contributed by atoms with Crippen LogP contribution in [0.5, 0.6) is 0 Å². The van der Waals surface area contributed by atoms with Gasteiger partial charge < -0.3 is 4.98 Å². The largest absolute Gasteiger partial charge is 0.358 e. The van der Waals surface area contributed by atoms with Gasteiger partial charge in [0, 0.05) is 21.1 Å². The summed E-state index contributed by atoms with van der Waals surface area (Å²) in [4.78, 5) is 3.42. The molecule has 0 saturated carbocycles. The zero-order chi connectivity index (χ0) is 14.1. The van der Waals surface area contributed by atoms with E-state index in [1.54, 1.807) is 0 Å². The second kappa shape index (κ2) is 5.19. The summed E-state index contributed by atoms with van der Waals surface area (Å²) in [6.45, 7) is 2.08. The van der Waals surface area contributed by atoms with Crippen LogP contribution >= 0.6 is 15.9 Å². The number of halogens is 1. The molecule has 20 heavy (non-hydrogen) atoms. The summed E-state index contributed by atoms with van der Waals surface area (Å²) in [5, 5.41) is 1.18. The number of aryl methyl sites for hydroxylation is 1. The van der Waals surface area contributed by atoms with Crippen LogP contribution in [0.1, 0.15) is 22.7 Å². The molecule has 1 heterocycles. The Kier molecular flexibility index (Phi) is 3.38. The predicted molar refractivity (Wildman–Crippen MR) is 87.9 cm³/mol. The van der Waals surface area contributed by atoms with Gasteiger partial charge in [-0.25, -0.2) is 0 Å². The summed E-state index contributed by atoms with van der Waals surface area (Å²) in [5.74, 6) is 2.91. The van der Waals surface area contributed by atoms with Gasteiger partial charge in [0.1, 0.15) is 0 Å². The maximum Gasteiger partial charge on any atom is 0.0722 e. The molecule has 0 saturated heterocycles. The number of hydrogen-bond donors (Lipinski definition) is 1. The fraction of sp³-hybridized carbons (Fsp3) is 0.111. The van der Waals surface area contributed by atoms with E-state index < -0.39 is 0 Å².